The molecule has 3 rings (SSSR count). The molecule has 28 heavy (non-hydrogen) atoms. The monoisotopic (exact) mass is 523 g/mol. The Balaban J connectivity index is 0.00000280. The summed E-state index contributed by atoms with van der Waals surface area (Å²) in [7, 11) is 1.89. The van der Waals surface area contributed by atoms with Crippen LogP contribution in [0.1, 0.15) is 31.2 Å². The lowest BCUT2D eigenvalue weighted by Gasteiger charge is -2.40. The number of hydrogen-bond acceptors (Lipinski definition) is 6. The standard InChI is InChI=1S/C19H33N5O2S.HI/c1-4-27-19(5-11-25-12-6-19)15-21-18(20-3)24-9-7-23(8-10-24)14-17-13-16(2)26-22-17;/h13H,4-12,14-15H2,1-3H3,(H,20,21);1H. The molecule has 0 aromatic carbocycles. The average Bonchev–Trinajstić information content (AvgIpc) is 3.09. The number of aromatic nitrogens is 1. The minimum Gasteiger partial charge on any atom is -0.381 e. The molecule has 7 nitrogen and oxygen atoms in total. The summed E-state index contributed by atoms with van der Waals surface area (Å²) in [5, 5.41) is 7.76. The molecule has 1 aromatic heterocycles. The number of ether oxygens (including phenoxy) is 1. The van der Waals surface area contributed by atoms with Crippen LogP contribution in [0.2, 0.25) is 0 Å². The first-order valence-corrected chi connectivity index (χ1v) is 10.9. The van der Waals surface area contributed by atoms with Gasteiger partial charge in [-0.1, -0.05) is 12.1 Å². The van der Waals surface area contributed by atoms with Crippen LogP contribution >= 0.6 is 35.7 Å². The lowest BCUT2D eigenvalue weighted by molar-refractivity contribution is 0.0779. The minimum atomic E-state index is 0. The number of halogens is 1. The van der Waals surface area contributed by atoms with Crippen LogP contribution in [-0.4, -0.2) is 84.4 Å². The smallest absolute Gasteiger partial charge is 0.193 e. The molecule has 9 heteroatoms. The maximum absolute atomic E-state index is 5.58. The second kappa shape index (κ2) is 11.6. The van der Waals surface area contributed by atoms with Crippen LogP contribution in [-0.2, 0) is 11.3 Å². The molecule has 160 valence electrons. The van der Waals surface area contributed by atoms with Gasteiger partial charge < -0.3 is 19.5 Å². The molecule has 0 bridgehead atoms. The molecule has 2 saturated heterocycles. The first-order valence-electron chi connectivity index (χ1n) is 9.96. The Hall–Kier alpha value is -0.520. The Kier molecular flexibility index (Phi) is 9.85. The largest absolute Gasteiger partial charge is 0.381 e. The Morgan fingerprint density at radius 1 is 1.29 bits per heavy atom. The molecule has 2 fully saturated rings. The summed E-state index contributed by atoms with van der Waals surface area (Å²) in [6.07, 6.45) is 2.22. The van der Waals surface area contributed by atoms with Gasteiger partial charge in [0, 0.05) is 70.3 Å². The summed E-state index contributed by atoms with van der Waals surface area (Å²) < 4.78 is 11.0. The van der Waals surface area contributed by atoms with Gasteiger partial charge in [0.15, 0.2) is 5.96 Å². The third-order valence-electron chi connectivity index (χ3n) is 5.37. The van der Waals surface area contributed by atoms with Gasteiger partial charge in [-0.2, -0.15) is 11.8 Å². The number of hydrogen-bond donors (Lipinski definition) is 1. The SMILES string of the molecule is CCSC1(CNC(=NC)N2CCN(Cc3cc(C)on3)CC2)CCOCC1.I. The highest BCUT2D eigenvalue weighted by molar-refractivity contribution is 14.0. The third-order valence-corrected chi connectivity index (χ3v) is 6.82. The van der Waals surface area contributed by atoms with Crippen LogP contribution in [0.4, 0.5) is 0 Å². The molecule has 0 radical (unpaired) electrons. The van der Waals surface area contributed by atoms with E-state index in [2.05, 4.69) is 44.0 Å². The highest BCUT2D eigenvalue weighted by Crippen LogP contribution is 2.34. The van der Waals surface area contributed by atoms with Gasteiger partial charge in [-0.3, -0.25) is 9.89 Å². The Bertz CT molecular complexity index is 608. The van der Waals surface area contributed by atoms with Gasteiger partial charge in [0.25, 0.3) is 0 Å². The number of nitrogens with one attached hydrogen (secondary N) is 1. The van der Waals surface area contributed by atoms with E-state index in [1.165, 1.54) is 0 Å². The number of guanidine groups is 1. The first kappa shape index (κ1) is 23.8. The van der Waals surface area contributed by atoms with E-state index in [9.17, 15) is 0 Å². The van der Waals surface area contributed by atoms with Gasteiger partial charge in [-0.05, 0) is 25.5 Å². The predicted octanol–water partition coefficient (Wildman–Crippen LogP) is 2.60. The van der Waals surface area contributed by atoms with E-state index in [4.69, 9.17) is 9.26 Å². The normalized spacial score (nSPS) is 20.7. The molecule has 1 N–H and O–H groups in total. The second-order valence-electron chi connectivity index (χ2n) is 7.32. The zero-order chi connectivity index (χ0) is 19.1. The predicted molar refractivity (Wildman–Crippen MR) is 126 cm³/mol. The lowest BCUT2D eigenvalue weighted by Crippen LogP contribution is -2.54. The quantitative estimate of drug-likeness (QED) is 0.350. The van der Waals surface area contributed by atoms with Crippen LogP contribution in [0.5, 0.6) is 0 Å². The van der Waals surface area contributed by atoms with Crippen LogP contribution < -0.4 is 5.32 Å². The van der Waals surface area contributed by atoms with Crippen LogP contribution in [0.3, 0.4) is 0 Å². The van der Waals surface area contributed by atoms with Crippen molar-refractivity contribution in [3.8, 4) is 0 Å². The van der Waals surface area contributed by atoms with Crippen LogP contribution in [0.25, 0.3) is 0 Å². The van der Waals surface area contributed by atoms with E-state index in [1.807, 2.05) is 20.0 Å². The highest BCUT2D eigenvalue weighted by atomic mass is 127. The van der Waals surface area contributed by atoms with Crippen molar-refractivity contribution in [3.63, 3.8) is 0 Å². The van der Waals surface area contributed by atoms with E-state index in [0.29, 0.717) is 0 Å². The topological polar surface area (TPSA) is 66.1 Å². The molecule has 0 unspecified atom stereocenters. The maximum atomic E-state index is 5.58. The van der Waals surface area contributed by atoms with Crippen molar-refractivity contribution in [2.45, 2.75) is 38.0 Å². The molecule has 3 heterocycles. The maximum Gasteiger partial charge on any atom is 0.193 e. The number of nitrogens with zero attached hydrogens (tertiary/aromatic N) is 4. The van der Waals surface area contributed by atoms with Gasteiger partial charge in [0.05, 0.1) is 5.69 Å². The minimum absolute atomic E-state index is 0. The van der Waals surface area contributed by atoms with E-state index in [0.717, 1.165) is 88.5 Å². The van der Waals surface area contributed by atoms with Crippen molar-refractivity contribution in [2.24, 2.45) is 4.99 Å². The highest BCUT2D eigenvalue weighted by Gasteiger charge is 2.33. The van der Waals surface area contributed by atoms with Crippen molar-refractivity contribution in [1.82, 2.24) is 20.3 Å². The molecule has 2 aliphatic heterocycles. The van der Waals surface area contributed by atoms with Gasteiger partial charge in [-0.25, -0.2) is 0 Å². The van der Waals surface area contributed by atoms with Gasteiger partial charge in [0.1, 0.15) is 5.76 Å². The summed E-state index contributed by atoms with van der Waals surface area (Å²) in [5.41, 5.74) is 1.02. The number of piperazine rings is 1. The second-order valence-corrected chi connectivity index (χ2v) is 9.05. The molecule has 0 spiro atoms. The average molecular weight is 523 g/mol. The molecule has 0 saturated carbocycles. The van der Waals surface area contributed by atoms with Crippen molar-refractivity contribution in [1.29, 1.82) is 0 Å². The Labute approximate surface area is 190 Å². The Morgan fingerprint density at radius 2 is 2.00 bits per heavy atom. The fraction of sp³-hybridized carbons (Fsp3) is 0.789. The number of thioether (sulfide) groups is 1. The summed E-state index contributed by atoms with van der Waals surface area (Å²) in [4.78, 5) is 9.34. The fourth-order valence-corrected chi connectivity index (χ4v) is 5.08. The zero-order valence-corrected chi connectivity index (χ0v) is 20.4. The lowest BCUT2D eigenvalue weighted by atomic mass is 9.99. The fourth-order valence-electron chi connectivity index (χ4n) is 3.83. The van der Waals surface area contributed by atoms with Crippen molar-refractivity contribution >= 4 is 41.7 Å². The van der Waals surface area contributed by atoms with E-state index in [-0.39, 0.29) is 28.7 Å². The third kappa shape index (κ3) is 6.50. The molecule has 2 aliphatic rings. The Morgan fingerprint density at radius 3 is 2.57 bits per heavy atom. The van der Waals surface area contributed by atoms with Gasteiger partial charge >= 0.3 is 0 Å². The van der Waals surface area contributed by atoms with Crippen LogP contribution in [0, 0.1) is 6.92 Å². The molecule has 0 aliphatic carbocycles. The molecule has 0 amide bonds. The first-order chi connectivity index (χ1) is 13.1. The zero-order valence-electron chi connectivity index (χ0n) is 17.3. The van der Waals surface area contributed by atoms with Crippen molar-refractivity contribution < 1.29 is 9.26 Å². The van der Waals surface area contributed by atoms with E-state index in [1.54, 1.807) is 0 Å². The number of rotatable bonds is 6. The summed E-state index contributed by atoms with van der Waals surface area (Å²) in [6, 6.07) is 2.02. The van der Waals surface area contributed by atoms with Crippen molar-refractivity contribution in [2.75, 3.05) is 58.7 Å². The van der Waals surface area contributed by atoms with E-state index < -0.39 is 0 Å². The molecular formula is C19H34IN5O2S. The van der Waals surface area contributed by atoms with E-state index >= 15 is 0 Å². The summed E-state index contributed by atoms with van der Waals surface area (Å²) >= 11 is 2.06. The van der Waals surface area contributed by atoms with Gasteiger partial charge in [-0.15, -0.1) is 24.0 Å². The van der Waals surface area contributed by atoms with Gasteiger partial charge in [0.2, 0.25) is 0 Å². The van der Waals surface area contributed by atoms with Crippen molar-refractivity contribution in [3.05, 3.63) is 17.5 Å². The van der Waals surface area contributed by atoms with Crippen LogP contribution in [0.15, 0.2) is 15.6 Å². The summed E-state index contributed by atoms with van der Waals surface area (Å²) in [6.45, 7) is 11.7. The number of aryl methyl sites for hydroxylation is 1. The molecular weight excluding hydrogens is 489 g/mol. The number of aliphatic imine (C=N–C) groups is 1. The molecule has 0 atom stereocenters. The molecule has 1 aromatic rings. The summed E-state index contributed by atoms with van der Waals surface area (Å²) in [5.74, 6) is 3.04.